The van der Waals surface area contributed by atoms with Gasteiger partial charge in [-0.3, -0.25) is 0 Å². The van der Waals surface area contributed by atoms with E-state index in [4.69, 9.17) is 23.7 Å². The smallest absolute Gasteiger partial charge is 0.184 e. The second kappa shape index (κ2) is 5.89. The molecule has 1 unspecified atom stereocenters. The molecular weight excluding hydrogens is 312 g/mol. The van der Waals surface area contributed by atoms with Crippen LogP contribution in [0.2, 0.25) is 0 Å². The Hall–Kier alpha value is -0.240. The van der Waals surface area contributed by atoms with Crippen LogP contribution in [-0.2, 0) is 23.7 Å². The summed E-state index contributed by atoms with van der Waals surface area (Å²) in [5, 5.41) is 10.4. The Bertz CT molecular complexity index is 470. The average Bonchev–Trinajstić information content (AvgIpc) is 2.97. The van der Waals surface area contributed by atoms with Gasteiger partial charge in [-0.2, -0.15) is 0 Å². The molecule has 2 spiro atoms. The van der Waals surface area contributed by atoms with Crippen LogP contribution in [0.5, 0.6) is 0 Å². The molecule has 5 atom stereocenters. The molecule has 5 fully saturated rings. The lowest BCUT2D eigenvalue weighted by atomic mass is 9.90. The van der Waals surface area contributed by atoms with Crippen LogP contribution in [0.1, 0.15) is 64.2 Å². The SMILES string of the molecule is OC1O[C@@H]2COC3(CCCCC3)O[C@H]2[C@@H]2OC3(CCCCC3)O[C@H]12. The number of rotatable bonds is 0. The second-order valence-corrected chi connectivity index (χ2v) is 8.07. The Morgan fingerprint density at radius 2 is 1.25 bits per heavy atom. The van der Waals surface area contributed by atoms with Crippen molar-refractivity contribution in [2.45, 2.75) is 106 Å². The molecule has 24 heavy (non-hydrogen) atoms. The van der Waals surface area contributed by atoms with E-state index in [1.165, 1.54) is 12.8 Å². The monoisotopic (exact) mass is 340 g/mol. The van der Waals surface area contributed by atoms with Crippen molar-refractivity contribution in [3.8, 4) is 0 Å². The Balaban J connectivity index is 1.38. The van der Waals surface area contributed by atoms with E-state index in [1.54, 1.807) is 0 Å². The lowest BCUT2D eigenvalue weighted by Crippen LogP contribution is -2.64. The number of ether oxygens (including phenoxy) is 5. The molecule has 3 aliphatic heterocycles. The molecule has 3 heterocycles. The Morgan fingerprint density at radius 3 is 1.96 bits per heavy atom. The van der Waals surface area contributed by atoms with Crippen molar-refractivity contribution < 1.29 is 28.8 Å². The lowest BCUT2D eigenvalue weighted by molar-refractivity contribution is -0.382. The third-order valence-corrected chi connectivity index (χ3v) is 6.40. The van der Waals surface area contributed by atoms with Crippen LogP contribution in [0, 0.1) is 0 Å². The van der Waals surface area contributed by atoms with Crippen molar-refractivity contribution >= 4 is 0 Å². The molecule has 1 N–H and O–H groups in total. The molecule has 2 saturated carbocycles. The summed E-state index contributed by atoms with van der Waals surface area (Å²) in [5.41, 5.74) is 0. The number of fused-ring (bicyclic) bond motifs is 3. The zero-order chi connectivity index (χ0) is 16.2. The van der Waals surface area contributed by atoms with Crippen LogP contribution >= 0.6 is 0 Å². The summed E-state index contributed by atoms with van der Waals surface area (Å²) in [5.74, 6) is -1.03. The second-order valence-electron chi connectivity index (χ2n) is 8.07. The molecule has 5 aliphatic rings. The Labute approximate surface area is 142 Å². The van der Waals surface area contributed by atoms with Crippen molar-refractivity contribution in [2.75, 3.05) is 6.61 Å². The first kappa shape index (κ1) is 16.0. The number of aliphatic hydroxyl groups is 1. The van der Waals surface area contributed by atoms with Crippen LogP contribution in [0.15, 0.2) is 0 Å². The zero-order valence-corrected chi connectivity index (χ0v) is 14.2. The first-order valence-electron chi connectivity index (χ1n) is 9.70. The highest BCUT2D eigenvalue weighted by Crippen LogP contribution is 2.48. The molecule has 5 rings (SSSR count). The minimum Gasteiger partial charge on any atom is -0.366 e. The number of hydrogen-bond acceptors (Lipinski definition) is 6. The molecule has 0 radical (unpaired) electrons. The normalized spacial score (nSPS) is 46.6. The van der Waals surface area contributed by atoms with E-state index in [9.17, 15) is 5.11 Å². The van der Waals surface area contributed by atoms with Crippen LogP contribution in [-0.4, -0.2) is 54.0 Å². The molecule has 0 aromatic rings. The molecule has 0 aromatic heterocycles. The Morgan fingerprint density at radius 1 is 0.667 bits per heavy atom. The fraction of sp³-hybridized carbons (Fsp3) is 1.00. The topological polar surface area (TPSA) is 66.4 Å². The van der Waals surface area contributed by atoms with Gasteiger partial charge in [-0.25, -0.2) is 0 Å². The third kappa shape index (κ3) is 2.54. The van der Waals surface area contributed by atoms with Gasteiger partial charge in [-0.15, -0.1) is 0 Å². The summed E-state index contributed by atoms with van der Waals surface area (Å²) in [6, 6.07) is 0. The molecule has 136 valence electrons. The number of hydrogen-bond donors (Lipinski definition) is 1. The molecule has 0 amide bonds. The van der Waals surface area contributed by atoms with E-state index < -0.39 is 24.0 Å². The van der Waals surface area contributed by atoms with E-state index in [0.717, 1.165) is 51.4 Å². The highest BCUT2D eigenvalue weighted by atomic mass is 16.8. The standard InChI is InChI=1S/C18H28O6/c19-16-15-14(23-18(24-15)9-5-2-6-10-18)13-12(21-16)11-20-17(22-13)7-3-1-4-8-17/h12-16,19H,1-11H2/t12-,13-,14+,15+,16?/m1/s1. The number of aliphatic hydroxyl groups excluding tert-OH is 1. The summed E-state index contributed by atoms with van der Waals surface area (Å²) in [6.45, 7) is 0.460. The van der Waals surface area contributed by atoms with Gasteiger partial charge in [0.15, 0.2) is 17.9 Å². The van der Waals surface area contributed by atoms with Crippen molar-refractivity contribution in [1.82, 2.24) is 0 Å². The van der Waals surface area contributed by atoms with Crippen LogP contribution < -0.4 is 0 Å². The third-order valence-electron chi connectivity index (χ3n) is 6.40. The summed E-state index contributed by atoms with van der Waals surface area (Å²) >= 11 is 0. The van der Waals surface area contributed by atoms with Gasteiger partial charge in [0.1, 0.15) is 24.4 Å². The minimum atomic E-state index is -0.967. The van der Waals surface area contributed by atoms with Crippen molar-refractivity contribution in [2.24, 2.45) is 0 Å². The maximum absolute atomic E-state index is 10.4. The highest BCUT2D eigenvalue weighted by molar-refractivity contribution is 5.01. The molecule has 6 heteroatoms. The van der Waals surface area contributed by atoms with E-state index >= 15 is 0 Å². The first-order chi connectivity index (χ1) is 11.7. The highest BCUT2D eigenvalue weighted by Gasteiger charge is 2.61. The summed E-state index contributed by atoms with van der Waals surface area (Å²) in [6.07, 6.45) is 8.43. The van der Waals surface area contributed by atoms with Crippen LogP contribution in [0.4, 0.5) is 0 Å². The van der Waals surface area contributed by atoms with Gasteiger partial charge in [0.25, 0.3) is 0 Å². The van der Waals surface area contributed by atoms with E-state index in [1.807, 2.05) is 0 Å². The maximum Gasteiger partial charge on any atom is 0.184 e. The summed E-state index contributed by atoms with van der Waals surface area (Å²) < 4.78 is 30.9. The Kier molecular flexibility index (Phi) is 3.92. The van der Waals surface area contributed by atoms with Crippen molar-refractivity contribution in [1.29, 1.82) is 0 Å². The van der Waals surface area contributed by atoms with Gasteiger partial charge >= 0.3 is 0 Å². The van der Waals surface area contributed by atoms with Gasteiger partial charge in [0.05, 0.1) is 6.61 Å². The van der Waals surface area contributed by atoms with E-state index in [0.29, 0.717) is 6.61 Å². The first-order valence-corrected chi connectivity index (χ1v) is 9.70. The van der Waals surface area contributed by atoms with Crippen LogP contribution in [0.3, 0.4) is 0 Å². The van der Waals surface area contributed by atoms with Gasteiger partial charge in [-0.05, 0) is 25.7 Å². The van der Waals surface area contributed by atoms with Gasteiger partial charge in [-0.1, -0.05) is 12.8 Å². The molecule has 3 saturated heterocycles. The lowest BCUT2D eigenvalue weighted by Gasteiger charge is -2.50. The summed E-state index contributed by atoms with van der Waals surface area (Å²) in [7, 11) is 0. The van der Waals surface area contributed by atoms with Gasteiger partial charge < -0.3 is 28.8 Å². The van der Waals surface area contributed by atoms with Crippen molar-refractivity contribution in [3.63, 3.8) is 0 Å². The quantitative estimate of drug-likeness (QED) is 0.729. The largest absolute Gasteiger partial charge is 0.366 e. The predicted octanol–water partition coefficient (Wildman–Crippen LogP) is 2.22. The molecule has 0 bridgehead atoms. The molecule has 2 aliphatic carbocycles. The van der Waals surface area contributed by atoms with Gasteiger partial charge in [0.2, 0.25) is 0 Å². The van der Waals surface area contributed by atoms with Crippen molar-refractivity contribution in [3.05, 3.63) is 0 Å². The van der Waals surface area contributed by atoms with Crippen LogP contribution in [0.25, 0.3) is 0 Å². The molecule has 0 aromatic carbocycles. The minimum absolute atomic E-state index is 0.216. The van der Waals surface area contributed by atoms with E-state index in [-0.39, 0.29) is 18.3 Å². The fourth-order valence-corrected chi connectivity index (χ4v) is 5.15. The maximum atomic E-state index is 10.4. The fourth-order valence-electron chi connectivity index (χ4n) is 5.15. The zero-order valence-electron chi connectivity index (χ0n) is 14.2. The molecule has 6 nitrogen and oxygen atoms in total. The predicted molar refractivity (Wildman–Crippen MR) is 83.1 cm³/mol. The van der Waals surface area contributed by atoms with Gasteiger partial charge in [0, 0.05) is 25.7 Å². The average molecular weight is 340 g/mol. The molecular formula is C18H28O6. The summed E-state index contributed by atoms with van der Waals surface area (Å²) in [4.78, 5) is 0. The van der Waals surface area contributed by atoms with E-state index in [2.05, 4.69) is 0 Å².